The van der Waals surface area contributed by atoms with Gasteiger partial charge in [0, 0.05) is 18.1 Å². The van der Waals surface area contributed by atoms with Gasteiger partial charge in [0.25, 0.3) is 0 Å². The highest BCUT2D eigenvalue weighted by molar-refractivity contribution is 7.09. The summed E-state index contributed by atoms with van der Waals surface area (Å²) in [5.41, 5.74) is -0.331. The van der Waals surface area contributed by atoms with Crippen molar-refractivity contribution in [2.24, 2.45) is 5.92 Å². The number of hydrogen-bond donors (Lipinski definition) is 2. The highest BCUT2D eigenvalue weighted by atomic mass is 32.1. The van der Waals surface area contributed by atoms with E-state index in [9.17, 15) is 4.79 Å². The van der Waals surface area contributed by atoms with Crippen molar-refractivity contribution in [3.05, 3.63) is 16.6 Å². The Morgan fingerprint density at radius 1 is 1.72 bits per heavy atom. The molecule has 1 aliphatic rings. The van der Waals surface area contributed by atoms with Crippen LogP contribution in [0.4, 0.5) is 0 Å². The number of piperidine rings is 1. The highest BCUT2D eigenvalue weighted by Gasteiger charge is 2.32. The van der Waals surface area contributed by atoms with Crippen LogP contribution < -0.4 is 10.6 Å². The Bertz CT molecular complexity index is 387. The minimum Gasteiger partial charge on any atom is -0.344 e. The molecule has 5 heteroatoms. The van der Waals surface area contributed by atoms with E-state index >= 15 is 0 Å². The van der Waals surface area contributed by atoms with Gasteiger partial charge in [-0.25, -0.2) is 4.98 Å². The zero-order valence-electron chi connectivity index (χ0n) is 11.0. The van der Waals surface area contributed by atoms with E-state index in [2.05, 4.69) is 29.5 Å². The molecule has 1 aromatic rings. The van der Waals surface area contributed by atoms with Gasteiger partial charge < -0.3 is 10.6 Å². The second-order valence-electron chi connectivity index (χ2n) is 5.06. The molecule has 4 nitrogen and oxygen atoms in total. The number of carbonyl (C=O) groups excluding carboxylic acids is 1. The number of amides is 1. The van der Waals surface area contributed by atoms with E-state index in [4.69, 9.17) is 0 Å². The second kappa shape index (κ2) is 5.80. The first kappa shape index (κ1) is 13.5. The fourth-order valence-corrected chi connectivity index (χ4v) is 3.07. The molecule has 1 saturated heterocycles. The van der Waals surface area contributed by atoms with Crippen LogP contribution in [0.15, 0.2) is 11.6 Å². The van der Waals surface area contributed by atoms with Gasteiger partial charge in [-0.1, -0.05) is 6.92 Å². The van der Waals surface area contributed by atoms with E-state index in [1.165, 1.54) is 0 Å². The molecule has 1 aromatic heterocycles. The summed E-state index contributed by atoms with van der Waals surface area (Å²) in [6.45, 7) is 5.96. The summed E-state index contributed by atoms with van der Waals surface area (Å²) in [6.07, 6.45) is 4.71. The Balaban J connectivity index is 2.03. The van der Waals surface area contributed by atoms with Crippen molar-refractivity contribution in [3.8, 4) is 0 Å². The van der Waals surface area contributed by atoms with E-state index in [1.54, 1.807) is 17.5 Å². The molecular formula is C13H21N3OS. The van der Waals surface area contributed by atoms with E-state index in [-0.39, 0.29) is 17.4 Å². The minimum atomic E-state index is -0.331. The zero-order valence-corrected chi connectivity index (χ0v) is 11.8. The highest BCUT2D eigenvalue weighted by Crippen LogP contribution is 2.27. The lowest BCUT2D eigenvalue weighted by Crippen LogP contribution is -2.48. The first-order valence-corrected chi connectivity index (χ1v) is 7.46. The molecule has 18 heavy (non-hydrogen) atoms. The van der Waals surface area contributed by atoms with Crippen LogP contribution in [0.2, 0.25) is 0 Å². The summed E-state index contributed by atoms with van der Waals surface area (Å²) in [5.74, 6) is 0.256. The number of hydrogen-bond acceptors (Lipinski definition) is 4. The van der Waals surface area contributed by atoms with Gasteiger partial charge in [-0.2, -0.15) is 0 Å². The fourth-order valence-electron chi connectivity index (χ4n) is 2.24. The van der Waals surface area contributed by atoms with Gasteiger partial charge in [-0.05, 0) is 32.7 Å². The summed E-state index contributed by atoms with van der Waals surface area (Å²) < 4.78 is 0. The molecule has 1 fully saturated rings. The molecule has 1 aliphatic heterocycles. The molecule has 2 rings (SSSR count). The van der Waals surface area contributed by atoms with Crippen molar-refractivity contribution >= 4 is 17.2 Å². The van der Waals surface area contributed by atoms with E-state index in [1.807, 2.05) is 5.38 Å². The quantitative estimate of drug-likeness (QED) is 0.876. The average Bonchev–Trinajstić information content (AvgIpc) is 2.94. The van der Waals surface area contributed by atoms with Gasteiger partial charge in [-0.15, -0.1) is 11.3 Å². The summed E-state index contributed by atoms with van der Waals surface area (Å²) in [6, 6.07) is 0. The van der Waals surface area contributed by atoms with Crippen molar-refractivity contribution in [1.82, 2.24) is 15.6 Å². The molecule has 2 heterocycles. The molecular weight excluding hydrogens is 246 g/mol. The Hall–Kier alpha value is -0.940. The maximum atomic E-state index is 12.3. The van der Waals surface area contributed by atoms with Gasteiger partial charge in [0.15, 0.2) is 0 Å². The molecule has 0 radical (unpaired) electrons. The van der Waals surface area contributed by atoms with Crippen LogP contribution in [-0.4, -0.2) is 24.0 Å². The van der Waals surface area contributed by atoms with Crippen LogP contribution >= 0.6 is 11.3 Å². The lowest BCUT2D eigenvalue weighted by Gasteiger charge is -2.31. The molecule has 1 amide bonds. The molecule has 0 bridgehead atoms. The van der Waals surface area contributed by atoms with Crippen LogP contribution in [-0.2, 0) is 10.3 Å². The van der Waals surface area contributed by atoms with Crippen molar-refractivity contribution in [3.63, 3.8) is 0 Å². The van der Waals surface area contributed by atoms with Gasteiger partial charge in [0.1, 0.15) is 5.01 Å². The monoisotopic (exact) mass is 267 g/mol. The predicted molar refractivity (Wildman–Crippen MR) is 73.5 cm³/mol. The average molecular weight is 267 g/mol. The lowest BCUT2D eigenvalue weighted by atomic mass is 9.94. The van der Waals surface area contributed by atoms with E-state index in [0.29, 0.717) is 0 Å². The number of rotatable bonds is 4. The van der Waals surface area contributed by atoms with E-state index in [0.717, 1.165) is 37.4 Å². The fraction of sp³-hybridized carbons (Fsp3) is 0.692. The number of nitrogens with one attached hydrogen (secondary N) is 2. The standard InChI is InChI=1S/C13H21N3OS/c1-3-13(2,12-15-7-8-18-12)16-11(17)10-5-4-6-14-9-10/h7-8,10,14H,3-6,9H2,1-2H3,(H,16,17). The molecule has 0 spiro atoms. The minimum absolute atomic E-state index is 0.101. The molecule has 0 aliphatic carbocycles. The zero-order chi connectivity index (χ0) is 13.0. The van der Waals surface area contributed by atoms with Gasteiger partial charge in [-0.3, -0.25) is 4.79 Å². The van der Waals surface area contributed by atoms with Crippen molar-refractivity contribution < 1.29 is 4.79 Å². The normalized spacial score (nSPS) is 23.3. The maximum Gasteiger partial charge on any atom is 0.225 e. The summed E-state index contributed by atoms with van der Waals surface area (Å²) in [5, 5.41) is 9.41. The third-order valence-corrected chi connectivity index (χ3v) is 4.72. The van der Waals surface area contributed by atoms with Gasteiger partial charge in [0.05, 0.1) is 11.5 Å². The second-order valence-corrected chi connectivity index (χ2v) is 5.95. The third-order valence-electron chi connectivity index (χ3n) is 3.68. The molecule has 2 N–H and O–H groups in total. The molecule has 0 aromatic carbocycles. The van der Waals surface area contributed by atoms with Gasteiger partial charge >= 0.3 is 0 Å². The van der Waals surface area contributed by atoms with Crippen molar-refractivity contribution in [1.29, 1.82) is 0 Å². The Morgan fingerprint density at radius 3 is 3.11 bits per heavy atom. The molecule has 0 saturated carbocycles. The number of aromatic nitrogens is 1. The van der Waals surface area contributed by atoms with Crippen LogP contribution in [0, 0.1) is 5.92 Å². The van der Waals surface area contributed by atoms with Crippen LogP contribution in [0.3, 0.4) is 0 Å². The van der Waals surface area contributed by atoms with E-state index < -0.39 is 0 Å². The summed E-state index contributed by atoms with van der Waals surface area (Å²) in [7, 11) is 0. The van der Waals surface area contributed by atoms with Crippen molar-refractivity contribution in [2.75, 3.05) is 13.1 Å². The number of carbonyl (C=O) groups is 1. The first-order valence-electron chi connectivity index (χ1n) is 6.58. The molecule has 100 valence electrons. The SMILES string of the molecule is CCC(C)(NC(=O)C1CCCNC1)c1nccs1. The van der Waals surface area contributed by atoms with Gasteiger partial charge in [0.2, 0.25) is 5.91 Å². The van der Waals surface area contributed by atoms with Crippen LogP contribution in [0.5, 0.6) is 0 Å². The number of nitrogens with zero attached hydrogens (tertiary/aromatic N) is 1. The third kappa shape index (κ3) is 2.90. The maximum absolute atomic E-state index is 12.3. The lowest BCUT2D eigenvalue weighted by molar-refractivity contribution is -0.127. The van der Waals surface area contributed by atoms with Crippen LogP contribution in [0.1, 0.15) is 38.1 Å². The largest absolute Gasteiger partial charge is 0.344 e. The molecule has 2 atom stereocenters. The molecule has 2 unspecified atom stereocenters. The summed E-state index contributed by atoms with van der Waals surface area (Å²) in [4.78, 5) is 16.6. The first-order chi connectivity index (χ1) is 8.65. The smallest absolute Gasteiger partial charge is 0.225 e. The van der Waals surface area contributed by atoms with Crippen LogP contribution in [0.25, 0.3) is 0 Å². The Kier molecular flexibility index (Phi) is 4.35. The topological polar surface area (TPSA) is 54.0 Å². The summed E-state index contributed by atoms with van der Waals surface area (Å²) >= 11 is 1.60. The number of thiazole rings is 1. The predicted octanol–water partition coefficient (Wildman–Crippen LogP) is 1.88. The Labute approximate surface area is 112 Å². The van der Waals surface area contributed by atoms with Crippen molar-refractivity contribution in [2.45, 2.75) is 38.6 Å². The Morgan fingerprint density at radius 2 is 2.56 bits per heavy atom.